The molecule has 3 heterocycles. The Kier molecular flexibility index (Phi) is 5.63. The van der Waals surface area contributed by atoms with E-state index in [0.29, 0.717) is 11.2 Å². The zero-order chi connectivity index (χ0) is 21.8. The van der Waals surface area contributed by atoms with Crippen molar-refractivity contribution in [2.75, 3.05) is 5.32 Å². The Balaban J connectivity index is 1.35. The number of nitrogens with one attached hydrogen (secondary N) is 1. The van der Waals surface area contributed by atoms with Crippen molar-refractivity contribution in [3.05, 3.63) is 109 Å². The number of nitrogens with zero attached hydrogens (tertiary/aromatic N) is 4. The summed E-state index contributed by atoms with van der Waals surface area (Å²) in [4.78, 5) is 21.7. The highest BCUT2D eigenvalue weighted by molar-refractivity contribution is 7.98. The minimum absolute atomic E-state index is 0.243. The molecule has 0 bridgehead atoms. The third-order valence-corrected chi connectivity index (χ3v) is 5.94. The second-order valence-electron chi connectivity index (χ2n) is 7.10. The highest BCUT2D eigenvalue weighted by atomic mass is 32.2. The van der Waals surface area contributed by atoms with Crippen LogP contribution in [0.2, 0.25) is 0 Å². The van der Waals surface area contributed by atoms with Gasteiger partial charge in [0.15, 0.2) is 5.65 Å². The molecule has 0 aliphatic heterocycles. The van der Waals surface area contributed by atoms with E-state index in [9.17, 15) is 4.79 Å². The maximum atomic E-state index is 13.0. The molecule has 0 aliphatic rings. The molecule has 1 amide bonds. The van der Waals surface area contributed by atoms with E-state index in [1.165, 1.54) is 0 Å². The second kappa shape index (κ2) is 9.03. The van der Waals surface area contributed by atoms with Crippen molar-refractivity contribution in [3.8, 4) is 11.3 Å². The third kappa shape index (κ3) is 4.24. The molecule has 5 aromatic rings. The van der Waals surface area contributed by atoms with Crippen molar-refractivity contribution < 1.29 is 4.79 Å². The molecule has 0 saturated heterocycles. The summed E-state index contributed by atoms with van der Waals surface area (Å²) in [5.74, 6) is 0.520. The van der Waals surface area contributed by atoms with Gasteiger partial charge in [0.25, 0.3) is 5.91 Å². The number of thioether (sulfide) groups is 1. The van der Waals surface area contributed by atoms with E-state index in [0.717, 1.165) is 33.3 Å². The number of carbonyl (C=O) groups is 1. The first-order valence-corrected chi connectivity index (χ1v) is 11.1. The SMILES string of the molecule is O=C(Nc1cccc(CSc2ccccn2)c1)c1cnn2c(-c3ccccc3)ccnc12. The van der Waals surface area contributed by atoms with Crippen LogP contribution in [0, 0.1) is 0 Å². The van der Waals surface area contributed by atoms with E-state index in [-0.39, 0.29) is 5.91 Å². The van der Waals surface area contributed by atoms with E-state index < -0.39 is 0 Å². The number of carbonyl (C=O) groups excluding carboxylic acids is 1. The van der Waals surface area contributed by atoms with E-state index in [2.05, 4.69) is 20.4 Å². The predicted octanol–water partition coefficient (Wildman–Crippen LogP) is 5.34. The van der Waals surface area contributed by atoms with Gasteiger partial charge >= 0.3 is 0 Å². The fraction of sp³-hybridized carbons (Fsp3) is 0.0400. The maximum Gasteiger partial charge on any atom is 0.261 e. The van der Waals surface area contributed by atoms with Gasteiger partial charge in [-0.25, -0.2) is 14.5 Å². The van der Waals surface area contributed by atoms with Crippen molar-refractivity contribution >= 4 is 29.0 Å². The average molecular weight is 438 g/mol. The van der Waals surface area contributed by atoms with E-state index >= 15 is 0 Å². The number of pyridine rings is 1. The van der Waals surface area contributed by atoms with Crippen LogP contribution in [0.5, 0.6) is 0 Å². The Morgan fingerprint density at radius 3 is 2.62 bits per heavy atom. The minimum atomic E-state index is -0.243. The lowest BCUT2D eigenvalue weighted by atomic mass is 10.1. The van der Waals surface area contributed by atoms with Gasteiger partial charge in [-0.05, 0) is 35.9 Å². The Labute approximate surface area is 189 Å². The molecule has 32 heavy (non-hydrogen) atoms. The van der Waals surface area contributed by atoms with Gasteiger partial charge < -0.3 is 5.32 Å². The van der Waals surface area contributed by atoms with Gasteiger partial charge in [-0.2, -0.15) is 5.10 Å². The summed E-state index contributed by atoms with van der Waals surface area (Å²) in [6.07, 6.45) is 5.04. The topological polar surface area (TPSA) is 72.2 Å². The number of hydrogen-bond donors (Lipinski definition) is 1. The van der Waals surface area contributed by atoms with Crippen LogP contribution in [-0.4, -0.2) is 25.5 Å². The zero-order valence-electron chi connectivity index (χ0n) is 17.1. The number of hydrogen-bond acceptors (Lipinski definition) is 5. The predicted molar refractivity (Wildman–Crippen MR) is 127 cm³/mol. The Morgan fingerprint density at radius 1 is 0.906 bits per heavy atom. The van der Waals surface area contributed by atoms with Crippen molar-refractivity contribution in [1.82, 2.24) is 19.6 Å². The van der Waals surface area contributed by atoms with Crippen LogP contribution in [0.3, 0.4) is 0 Å². The van der Waals surface area contributed by atoms with Gasteiger partial charge in [0.1, 0.15) is 5.56 Å². The van der Waals surface area contributed by atoms with Gasteiger partial charge in [0.05, 0.1) is 16.9 Å². The van der Waals surface area contributed by atoms with Crippen LogP contribution in [0.1, 0.15) is 15.9 Å². The van der Waals surface area contributed by atoms with Crippen LogP contribution < -0.4 is 5.32 Å². The van der Waals surface area contributed by atoms with E-state index in [4.69, 9.17) is 0 Å². The molecule has 0 radical (unpaired) electrons. The second-order valence-corrected chi connectivity index (χ2v) is 8.10. The molecule has 0 unspecified atom stereocenters. The average Bonchev–Trinajstić information content (AvgIpc) is 3.29. The molecule has 7 heteroatoms. The smallest absolute Gasteiger partial charge is 0.261 e. The first-order chi connectivity index (χ1) is 15.8. The number of fused-ring (bicyclic) bond motifs is 1. The first-order valence-electron chi connectivity index (χ1n) is 10.1. The summed E-state index contributed by atoms with van der Waals surface area (Å²) in [7, 11) is 0. The maximum absolute atomic E-state index is 13.0. The molecule has 6 nitrogen and oxygen atoms in total. The lowest BCUT2D eigenvalue weighted by molar-refractivity contribution is 0.102. The van der Waals surface area contributed by atoms with Crippen molar-refractivity contribution in [2.24, 2.45) is 0 Å². The molecular formula is C25H19N5OS. The van der Waals surface area contributed by atoms with E-state index in [1.807, 2.05) is 78.9 Å². The standard InChI is InChI=1S/C25H19N5OS/c31-25(29-20-10-6-7-18(15-20)17-32-23-11-4-5-13-26-23)21-16-28-30-22(12-14-27-24(21)30)19-8-2-1-3-9-19/h1-16H,17H2,(H,29,31). The molecule has 5 rings (SSSR count). The number of rotatable bonds is 6. The lowest BCUT2D eigenvalue weighted by Crippen LogP contribution is -2.12. The summed E-state index contributed by atoms with van der Waals surface area (Å²) in [6.45, 7) is 0. The quantitative estimate of drug-likeness (QED) is 0.363. The molecule has 3 aromatic heterocycles. The highest BCUT2D eigenvalue weighted by Crippen LogP contribution is 2.24. The molecular weight excluding hydrogens is 418 g/mol. The lowest BCUT2D eigenvalue weighted by Gasteiger charge is -2.07. The first kappa shape index (κ1) is 20.0. The summed E-state index contributed by atoms with van der Waals surface area (Å²) < 4.78 is 1.70. The summed E-state index contributed by atoms with van der Waals surface area (Å²) in [6, 6.07) is 25.5. The molecule has 2 aromatic carbocycles. The fourth-order valence-electron chi connectivity index (χ4n) is 3.41. The number of amides is 1. The normalized spacial score (nSPS) is 10.9. The number of aromatic nitrogens is 4. The van der Waals surface area contributed by atoms with Crippen LogP contribution in [-0.2, 0) is 5.75 Å². The van der Waals surface area contributed by atoms with Crippen molar-refractivity contribution in [2.45, 2.75) is 10.8 Å². The van der Waals surface area contributed by atoms with Crippen molar-refractivity contribution in [3.63, 3.8) is 0 Å². The molecule has 1 N–H and O–H groups in total. The third-order valence-electron chi connectivity index (χ3n) is 4.92. The van der Waals surface area contributed by atoms with Crippen molar-refractivity contribution in [1.29, 1.82) is 0 Å². The molecule has 156 valence electrons. The van der Waals surface area contributed by atoms with Gasteiger partial charge in [0, 0.05) is 29.4 Å². The zero-order valence-corrected chi connectivity index (χ0v) is 17.9. The number of anilines is 1. The molecule has 0 aliphatic carbocycles. The van der Waals surface area contributed by atoms with Gasteiger partial charge in [-0.1, -0.05) is 48.5 Å². The fourth-order valence-corrected chi connectivity index (χ4v) is 4.21. The van der Waals surface area contributed by atoms with Gasteiger partial charge in [-0.15, -0.1) is 11.8 Å². The van der Waals surface area contributed by atoms with Crippen LogP contribution >= 0.6 is 11.8 Å². The Hall–Kier alpha value is -3.97. The summed E-state index contributed by atoms with van der Waals surface area (Å²) in [5, 5.41) is 8.36. The summed E-state index contributed by atoms with van der Waals surface area (Å²) >= 11 is 1.65. The van der Waals surface area contributed by atoms with Gasteiger partial charge in [0.2, 0.25) is 0 Å². The summed E-state index contributed by atoms with van der Waals surface area (Å²) in [5.41, 5.74) is 4.66. The Bertz CT molecular complexity index is 1370. The van der Waals surface area contributed by atoms with Gasteiger partial charge in [-0.3, -0.25) is 4.79 Å². The largest absolute Gasteiger partial charge is 0.322 e. The highest BCUT2D eigenvalue weighted by Gasteiger charge is 2.16. The number of benzene rings is 2. The van der Waals surface area contributed by atoms with Crippen LogP contribution in [0.4, 0.5) is 5.69 Å². The Morgan fingerprint density at radius 2 is 1.78 bits per heavy atom. The van der Waals surface area contributed by atoms with E-state index in [1.54, 1.807) is 34.9 Å². The molecule has 0 fully saturated rings. The monoisotopic (exact) mass is 437 g/mol. The van der Waals surface area contributed by atoms with Crippen LogP contribution in [0.25, 0.3) is 16.9 Å². The van der Waals surface area contributed by atoms with Crippen LogP contribution in [0.15, 0.2) is 102 Å². The molecule has 0 saturated carbocycles. The molecule has 0 atom stereocenters. The minimum Gasteiger partial charge on any atom is -0.322 e. The molecule has 0 spiro atoms.